The fraction of sp³-hybridized carbons (Fsp3) is 0.455. The number of hydrogen-bond acceptors (Lipinski definition) is 5. The molecular weight excluding hydrogens is 306 g/mol. The second kappa shape index (κ2) is 5.94. The number of nitrogens with one attached hydrogen (secondary N) is 2. The van der Waals surface area contributed by atoms with Crippen molar-refractivity contribution in [2.24, 2.45) is 0 Å². The Labute approximate surface area is 122 Å². The van der Waals surface area contributed by atoms with Gasteiger partial charge in [-0.3, -0.25) is 10.1 Å². The first-order valence-corrected chi connectivity index (χ1v) is 7.94. The summed E-state index contributed by atoms with van der Waals surface area (Å²) in [7, 11) is -3.37. The molecule has 0 radical (unpaired) electrons. The number of anilines is 1. The lowest BCUT2D eigenvalue weighted by molar-refractivity contribution is -0.384. The summed E-state index contributed by atoms with van der Waals surface area (Å²) in [6.45, 7) is 3.50. The normalized spacial score (nSPS) is 12.2. The standard InChI is InChI=1S/C11H16ClN3O4S/c1-11(2,14-20(3,18)19)7-13-9-6-8(12)4-5-10(9)15(16)17/h4-6,13-14H,7H2,1-3H3. The van der Waals surface area contributed by atoms with Gasteiger partial charge in [0.2, 0.25) is 10.0 Å². The van der Waals surface area contributed by atoms with Crippen LogP contribution in [0.1, 0.15) is 13.8 Å². The van der Waals surface area contributed by atoms with Crippen LogP contribution in [0.4, 0.5) is 11.4 Å². The van der Waals surface area contributed by atoms with E-state index >= 15 is 0 Å². The van der Waals surface area contributed by atoms with Crippen molar-refractivity contribution in [1.82, 2.24) is 4.72 Å². The molecule has 20 heavy (non-hydrogen) atoms. The first kappa shape index (κ1) is 16.7. The molecule has 0 bridgehead atoms. The third kappa shape index (κ3) is 5.32. The third-order valence-electron chi connectivity index (χ3n) is 2.34. The Morgan fingerprint density at radius 2 is 2.00 bits per heavy atom. The van der Waals surface area contributed by atoms with Crippen LogP contribution >= 0.6 is 11.6 Å². The summed E-state index contributed by atoms with van der Waals surface area (Å²) in [5, 5.41) is 14.1. The summed E-state index contributed by atoms with van der Waals surface area (Å²) in [6, 6.07) is 4.14. The molecule has 0 spiro atoms. The van der Waals surface area contributed by atoms with Gasteiger partial charge in [-0.25, -0.2) is 13.1 Å². The second-order valence-electron chi connectivity index (χ2n) is 5.03. The molecule has 9 heteroatoms. The van der Waals surface area contributed by atoms with Crippen molar-refractivity contribution in [3.05, 3.63) is 33.3 Å². The summed E-state index contributed by atoms with van der Waals surface area (Å²) < 4.78 is 24.9. The molecule has 112 valence electrons. The summed E-state index contributed by atoms with van der Waals surface area (Å²) in [5.74, 6) is 0. The molecule has 0 aromatic heterocycles. The minimum Gasteiger partial charge on any atom is -0.378 e. The molecule has 0 fully saturated rings. The Kier molecular flexibility index (Phi) is 4.95. The van der Waals surface area contributed by atoms with E-state index in [1.165, 1.54) is 18.2 Å². The average Bonchev–Trinajstić information content (AvgIpc) is 2.22. The number of nitro benzene ring substituents is 1. The lowest BCUT2D eigenvalue weighted by Gasteiger charge is -2.25. The fourth-order valence-corrected chi connectivity index (χ4v) is 2.91. The van der Waals surface area contributed by atoms with Crippen LogP contribution in [-0.4, -0.2) is 31.7 Å². The largest absolute Gasteiger partial charge is 0.378 e. The maximum Gasteiger partial charge on any atom is 0.292 e. The maximum atomic E-state index is 11.2. The van der Waals surface area contributed by atoms with Crippen LogP contribution in [0.15, 0.2) is 18.2 Å². The van der Waals surface area contributed by atoms with Crippen LogP contribution < -0.4 is 10.0 Å². The van der Waals surface area contributed by atoms with E-state index in [4.69, 9.17) is 11.6 Å². The van der Waals surface area contributed by atoms with E-state index in [1.54, 1.807) is 13.8 Å². The number of sulfonamides is 1. The van der Waals surface area contributed by atoms with Crippen LogP contribution in [0, 0.1) is 10.1 Å². The van der Waals surface area contributed by atoms with Gasteiger partial charge in [0.1, 0.15) is 5.69 Å². The molecule has 0 saturated heterocycles. The number of hydrogen-bond donors (Lipinski definition) is 2. The Morgan fingerprint density at radius 3 is 2.50 bits per heavy atom. The van der Waals surface area contributed by atoms with Crippen LogP contribution in [0.3, 0.4) is 0 Å². The maximum absolute atomic E-state index is 11.2. The molecule has 7 nitrogen and oxygen atoms in total. The highest BCUT2D eigenvalue weighted by atomic mass is 35.5. The fourth-order valence-electron chi connectivity index (χ4n) is 1.66. The highest BCUT2D eigenvalue weighted by Gasteiger charge is 2.23. The molecule has 1 aromatic carbocycles. The van der Waals surface area contributed by atoms with Crippen molar-refractivity contribution in [2.45, 2.75) is 19.4 Å². The van der Waals surface area contributed by atoms with Gasteiger partial charge in [-0.2, -0.15) is 0 Å². The summed E-state index contributed by atoms with van der Waals surface area (Å²) in [6.07, 6.45) is 1.05. The quantitative estimate of drug-likeness (QED) is 0.616. The van der Waals surface area contributed by atoms with Gasteiger partial charge in [0.05, 0.1) is 11.2 Å². The van der Waals surface area contributed by atoms with Crippen molar-refractivity contribution >= 4 is 33.0 Å². The zero-order valence-electron chi connectivity index (χ0n) is 11.3. The smallest absolute Gasteiger partial charge is 0.292 e. The highest BCUT2D eigenvalue weighted by molar-refractivity contribution is 7.88. The number of nitro groups is 1. The summed E-state index contributed by atoms with van der Waals surface area (Å²) >= 11 is 5.80. The highest BCUT2D eigenvalue weighted by Crippen LogP contribution is 2.28. The molecule has 0 unspecified atom stereocenters. The predicted octanol–water partition coefficient (Wildman–Crippen LogP) is 1.99. The monoisotopic (exact) mass is 321 g/mol. The molecule has 1 rings (SSSR count). The zero-order valence-corrected chi connectivity index (χ0v) is 12.9. The van der Waals surface area contributed by atoms with E-state index in [9.17, 15) is 18.5 Å². The van der Waals surface area contributed by atoms with Gasteiger partial charge in [-0.1, -0.05) is 11.6 Å². The van der Waals surface area contributed by atoms with Gasteiger partial charge >= 0.3 is 0 Å². The van der Waals surface area contributed by atoms with E-state index < -0.39 is 20.5 Å². The van der Waals surface area contributed by atoms with Crippen LogP contribution in [-0.2, 0) is 10.0 Å². The first-order valence-electron chi connectivity index (χ1n) is 5.67. The molecule has 2 N–H and O–H groups in total. The minimum atomic E-state index is -3.37. The van der Waals surface area contributed by atoms with Gasteiger partial charge in [0.15, 0.2) is 0 Å². The molecular formula is C11H16ClN3O4S. The van der Waals surface area contributed by atoms with Crippen LogP contribution in [0.5, 0.6) is 0 Å². The molecule has 1 aromatic rings. The topological polar surface area (TPSA) is 101 Å². The van der Waals surface area contributed by atoms with E-state index in [-0.39, 0.29) is 17.9 Å². The van der Waals surface area contributed by atoms with Crippen molar-refractivity contribution in [1.29, 1.82) is 0 Å². The van der Waals surface area contributed by atoms with E-state index in [2.05, 4.69) is 10.0 Å². The SMILES string of the molecule is CC(C)(CNc1cc(Cl)ccc1[N+](=O)[O-])NS(C)(=O)=O. The average molecular weight is 322 g/mol. The molecule has 0 saturated carbocycles. The zero-order chi connectivity index (χ0) is 15.6. The van der Waals surface area contributed by atoms with Gasteiger partial charge in [-0.15, -0.1) is 0 Å². The Hall–Kier alpha value is -1.38. The van der Waals surface area contributed by atoms with Crippen LogP contribution in [0.25, 0.3) is 0 Å². The number of halogens is 1. The lowest BCUT2D eigenvalue weighted by Crippen LogP contribution is -2.47. The number of benzene rings is 1. The summed E-state index contributed by atoms with van der Waals surface area (Å²) in [5.41, 5.74) is -0.681. The second-order valence-corrected chi connectivity index (χ2v) is 7.22. The first-order chi connectivity index (χ1) is 9.00. The number of rotatable bonds is 6. The minimum absolute atomic E-state index is 0.121. The number of nitrogens with zero attached hydrogens (tertiary/aromatic N) is 1. The van der Waals surface area contributed by atoms with Crippen molar-refractivity contribution < 1.29 is 13.3 Å². The molecule has 0 amide bonds. The molecule has 0 aliphatic carbocycles. The van der Waals surface area contributed by atoms with Crippen molar-refractivity contribution in [2.75, 3.05) is 18.1 Å². The van der Waals surface area contributed by atoms with E-state index in [0.717, 1.165) is 6.26 Å². The Bertz CT molecular complexity index is 616. The Morgan fingerprint density at radius 1 is 1.40 bits per heavy atom. The van der Waals surface area contributed by atoms with Crippen molar-refractivity contribution in [3.8, 4) is 0 Å². The van der Waals surface area contributed by atoms with Gasteiger partial charge in [0, 0.05) is 23.2 Å². The molecule has 0 aliphatic rings. The van der Waals surface area contributed by atoms with Crippen LogP contribution in [0.2, 0.25) is 5.02 Å². The predicted molar refractivity (Wildman–Crippen MR) is 78.7 cm³/mol. The van der Waals surface area contributed by atoms with Crippen molar-refractivity contribution in [3.63, 3.8) is 0 Å². The summed E-state index contributed by atoms with van der Waals surface area (Å²) in [4.78, 5) is 10.4. The molecule has 0 aliphatic heterocycles. The Balaban J connectivity index is 2.89. The van der Waals surface area contributed by atoms with Gasteiger partial charge < -0.3 is 5.32 Å². The molecule has 0 atom stereocenters. The van der Waals surface area contributed by atoms with Gasteiger partial charge in [0.25, 0.3) is 5.69 Å². The van der Waals surface area contributed by atoms with Gasteiger partial charge in [-0.05, 0) is 26.0 Å². The molecule has 0 heterocycles. The van der Waals surface area contributed by atoms with E-state index in [1.807, 2.05) is 0 Å². The van der Waals surface area contributed by atoms with E-state index in [0.29, 0.717) is 5.02 Å². The lowest BCUT2D eigenvalue weighted by atomic mass is 10.1. The third-order valence-corrected chi connectivity index (χ3v) is 3.50.